The first kappa shape index (κ1) is 15.7. The minimum atomic E-state index is 0.608. The number of nitrogens with one attached hydrogen (secondary N) is 2. The molecule has 0 radical (unpaired) electrons. The minimum absolute atomic E-state index is 0.608. The molecule has 0 aromatic carbocycles. The quantitative estimate of drug-likeness (QED) is 0.573. The molecule has 0 unspecified atom stereocenters. The van der Waals surface area contributed by atoms with Crippen LogP contribution in [0, 0.1) is 0 Å². The fraction of sp³-hybridized carbons (Fsp3) is 0.929. The van der Waals surface area contributed by atoms with Gasteiger partial charge in [-0.05, 0) is 58.9 Å². The van der Waals surface area contributed by atoms with Crippen LogP contribution in [0.5, 0.6) is 0 Å². The van der Waals surface area contributed by atoms with E-state index in [0.29, 0.717) is 12.1 Å². The molecule has 0 atom stereocenters. The summed E-state index contributed by atoms with van der Waals surface area (Å²) in [4.78, 5) is 2.36. The summed E-state index contributed by atoms with van der Waals surface area (Å²) < 4.78 is 0. The van der Waals surface area contributed by atoms with Crippen LogP contribution in [0.2, 0.25) is 0 Å². The second-order valence-electron chi connectivity index (χ2n) is 5.66. The van der Waals surface area contributed by atoms with Gasteiger partial charge in [0, 0.05) is 18.6 Å². The largest absolute Gasteiger partial charge is 0.363 e. The van der Waals surface area contributed by atoms with E-state index >= 15 is 0 Å². The van der Waals surface area contributed by atoms with Gasteiger partial charge >= 0.3 is 0 Å². The van der Waals surface area contributed by atoms with Crippen molar-refractivity contribution in [3.8, 4) is 0 Å². The Hall–Kier alpha value is -0.350. The number of rotatable bonds is 6. The predicted octanol–water partition coefficient (Wildman–Crippen LogP) is 2.51. The van der Waals surface area contributed by atoms with Crippen LogP contribution < -0.4 is 10.6 Å². The molecule has 4 heteroatoms. The van der Waals surface area contributed by atoms with Gasteiger partial charge in [0.05, 0.1) is 0 Å². The summed E-state index contributed by atoms with van der Waals surface area (Å²) in [5.74, 6) is 0. The van der Waals surface area contributed by atoms with Gasteiger partial charge in [0.15, 0.2) is 5.11 Å². The van der Waals surface area contributed by atoms with Gasteiger partial charge in [-0.15, -0.1) is 0 Å². The summed E-state index contributed by atoms with van der Waals surface area (Å²) in [6.45, 7) is 6.54. The summed E-state index contributed by atoms with van der Waals surface area (Å²) >= 11 is 5.33. The Balaban J connectivity index is 2.02. The van der Waals surface area contributed by atoms with Crippen LogP contribution in [-0.4, -0.2) is 42.2 Å². The number of nitrogens with zero attached hydrogens (tertiary/aromatic N) is 1. The van der Waals surface area contributed by atoms with Gasteiger partial charge in [0.2, 0.25) is 0 Å². The summed E-state index contributed by atoms with van der Waals surface area (Å²) in [5.41, 5.74) is 0. The molecule has 0 amide bonds. The van der Waals surface area contributed by atoms with Crippen LogP contribution in [-0.2, 0) is 0 Å². The van der Waals surface area contributed by atoms with Crippen molar-refractivity contribution in [1.29, 1.82) is 0 Å². The number of hydrogen-bond acceptors (Lipinski definition) is 2. The molecule has 1 rings (SSSR count). The minimum Gasteiger partial charge on any atom is -0.363 e. The predicted molar refractivity (Wildman–Crippen MR) is 83.0 cm³/mol. The van der Waals surface area contributed by atoms with Crippen molar-refractivity contribution in [3.05, 3.63) is 0 Å². The van der Waals surface area contributed by atoms with E-state index in [2.05, 4.69) is 36.4 Å². The maximum atomic E-state index is 5.33. The molecule has 2 N–H and O–H groups in total. The van der Waals surface area contributed by atoms with Crippen molar-refractivity contribution in [2.24, 2.45) is 0 Å². The average Bonchev–Trinajstić information content (AvgIpc) is 2.35. The van der Waals surface area contributed by atoms with Crippen molar-refractivity contribution in [1.82, 2.24) is 15.5 Å². The van der Waals surface area contributed by atoms with E-state index in [-0.39, 0.29) is 0 Å². The van der Waals surface area contributed by atoms with Crippen molar-refractivity contribution >= 4 is 17.3 Å². The highest BCUT2D eigenvalue weighted by Gasteiger charge is 2.13. The molecule has 0 aromatic heterocycles. The van der Waals surface area contributed by atoms with Gasteiger partial charge in [-0.1, -0.05) is 19.3 Å². The van der Waals surface area contributed by atoms with E-state index in [1.807, 2.05) is 0 Å². The average molecular weight is 271 g/mol. The molecular weight excluding hydrogens is 242 g/mol. The second-order valence-corrected chi connectivity index (χ2v) is 6.07. The summed E-state index contributed by atoms with van der Waals surface area (Å²) in [7, 11) is 2.17. The first-order valence-electron chi connectivity index (χ1n) is 7.34. The first-order valence-corrected chi connectivity index (χ1v) is 7.75. The van der Waals surface area contributed by atoms with Crippen LogP contribution in [0.4, 0.5) is 0 Å². The highest BCUT2D eigenvalue weighted by atomic mass is 32.1. The monoisotopic (exact) mass is 271 g/mol. The molecule has 0 aromatic rings. The van der Waals surface area contributed by atoms with Gasteiger partial charge in [-0.3, -0.25) is 0 Å². The zero-order valence-electron chi connectivity index (χ0n) is 12.2. The Labute approximate surface area is 118 Å². The van der Waals surface area contributed by atoms with Crippen molar-refractivity contribution in [2.45, 2.75) is 64.5 Å². The summed E-state index contributed by atoms with van der Waals surface area (Å²) in [6.07, 6.45) is 7.77. The Kier molecular flexibility index (Phi) is 7.59. The fourth-order valence-electron chi connectivity index (χ4n) is 2.27. The van der Waals surface area contributed by atoms with Crippen LogP contribution >= 0.6 is 12.2 Å². The van der Waals surface area contributed by atoms with E-state index in [4.69, 9.17) is 12.2 Å². The first-order chi connectivity index (χ1) is 8.59. The Bertz CT molecular complexity index is 237. The zero-order valence-corrected chi connectivity index (χ0v) is 13.0. The van der Waals surface area contributed by atoms with Crippen molar-refractivity contribution in [2.75, 3.05) is 20.1 Å². The Morgan fingerprint density at radius 1 is 1.28 bits per heavy atom. The lowest BCUT2D eigenvalue weighted by molar-refractivity contribution is 0.271. The summed E-state index contributed by atoms with van der Waals surface area (Å²) in [6, 6.07) is 1.23. The lowest BCUT2D eigenvalue weighted by Crippen LogP contribution is -2.43. The molecule has 0 heterocycles. The summed E-state index contributed by atoms with van der Waals surface area (Å²) in [5, 5.41) is 7.60. The third kappa shape index (κ3) is 6.55. The molecule has 0 spiro atoms. The Morgan fingerprint density at radius 2 is 1.94 bits per heavy atom. The van der Waals surface area contributed by atoms with Gasteiger partial charge < -0.3 is 15.5 Å². The van der Waals surface area contributed by atoms with Crippen LogP contribution in [0.3, 0.4) is 0 Å². The third-order valence-corrected chi connectivity index (χ3v) is 4.06. The maximum absolute atomic E-state index is 5.33. The topological polar surface area (TPSA) is 27.3 Å². The highest BCUT2D eigenvalue weighted by molar-refractivity contribution is 7.80. The molecule has 0 bridgehead atoms. The van der Waals surface area contributed by atoms with Crippen molar-refractivity contribution < 1.29 is 0 Å². The molecule has 106 valence electrons. The standard InChI is InChI=1S/C14H29N3S/c1-12(2)17(3)11-7-10-15-14(18)16-13-8-5-4-6-9-13/h12-13H,4-11H2,1-3H3,(H2,15,16,18). The molecule has 1 aliphatic rings. The van der Waals surface area contributed by atoms with E-state index < -0.39 is 0 Å². The second kappa shape index (κ2) is 8.70. The van der Waals surface area contributed by atoms with Gasteiger partial charge in [0.25, 0.3) is 0 Å². The lowest BCUT2D eigenvalue weighted by atomic mass is 9.96. The van der Waals surface area contributed by atoms with E-state index in [1.165, 1.54) is 32.1 Å². The smallest absolute Gasteiger partial charge is 0.166 e. The van der Waals surface area contributed by atoms with E-state index in [9.17, 15) is 0 Å². The molecule has 3 nitrogen and oxygen atoms in total. The van der Waals surface area contributed by atoms with E-state index in [0.717, 1.165) is 24.6 Å². The Morgan fingerprint density at radius 3 is 2.56 bits per heavy atom. The molecule has 0 aliphatic heterocycles. The number of thiocarbonyl (C=S) groups is 1. The van der Waals surface area contributed by atoms with E-state index in [1.54, 1.807) is 0 Å². The van der Waals surface area contributed by atoms with Gasteiger partial charge in [0.1, 0.15) is 0 Å². The van der Waals surface area contributed by atoms with Crippen LogP contribution in [0.15, 0.2) is 0 Å². The lowest BCUT2D eigenvalue weighted by Gasteiger charge is -2.25. The van der Waals surface area contributed by atoms with Gasteiger partial charge in [-0.25, -0.2) is 0 Å². The van der Waals surface area contributed by atoms with Crippen LogP contribution in [0.1, 0.15) is 52.4 Å². The third-order valence-electron chi connectivity index (χ3n) is 3.80. The molecular formula is C14H29N3S. The molecule has 1 fully saturated rings. The van der Waals surface area contributed by atoms with Gasteiger partial charge in [-0.2, -0.15) is 0 Å². The molecule has 0 saturated heterocycles. The van der Waals surface area contributed by atoms with Crippen molar-refractivity contribution in [3.63, 3.8) is 0 Å². The molecule has 1 saturated carbocycles. The fourth-order valence-corrected chi connectivity index (χ4v) is 2.54. The maximum Gasteiger partial charge on any atom is 0.166 e. The zero-order chi connectivity index (χ0) is 13.4. The highest BCUT2D eigenvalue weighted by Crippen LogP contribution is 2.17. The number of hydrogen-bond donors (Lipinski definition) is 2. The molecule has 1 aliphatic carbocycles. The molecule has 18 heavy (non-hydrogen) atoms. The normalized spacial score (nSPS) is 17.2. The van der Waals surface area contributed by atoms with Crippen LogP contribution in [0.25, 0.3) is 0 Å². The SMILES string of the molecule is CC(C)N(C)CCCNC(=S)NC1CCCCC1.